The Morgan fingerprint density at radius 3 is 1.71 bits per heavy atom. The first-order valence-corrected chi connectivity index (χ1v) is 2.15. The van der Waals surface area contributed by atoms with E-state index in [4.69, 9.17) is 13.1 Å². The zero-order chi connectivity index (χ0) is 6.08. The average Bonchev–Trinajstić information content (AvgIpc) is 1.31. The van der Waals surface area contributed by atoms with Crippen LogP contribution in [-0.2, 0) is 0 Å². The highest BCUT2D eigenvalue weighted by atomic mass is 16.3. The molecule has 0 atom stereocenters. The number of hydrogen-bond donors (Lipinski definition) is 1. The molecule has 7 heavy (non-hydrogen) atoms. The Balaban J connectivity index is 3.54. The summed E-state index contributed by atoms with van der Waals surface area (Å²) in [6.07, 6.45) is 0. The summed E-state index contributed by atoms with van der Waals surface area (Å²) in [5.41, 5.74) is -0.889. The SMILES string of the molecule is [B]N(C)C(C)(C)O. The second kappa shape index (κ2) is 1.84. The number of rotatable bonds is 1. The zero-order valence-corrected chi connectivity index (χ0v) is 4.97. The van der Waals surface area contributed by atoms with Gasteiger partial charge in [0.25, 0.3) is 0 Å². The van der Waals surface area contributed by atoms with Gasteiger partial charge in [0.05, 0.1) is 0 Å². The number of nitrogens with zero attached hydrogens (tertiary/aromatic N) is 1. The van der Waals surface area contributed by atoms with Crippen molar-refractivity contribution in [3.8, 4) is 0 Å². The van der Waals surface area contributed by atoms with Crippen molar-refractivity contribution in [3.05, 3.63) is 0 Å². The van der Waals surface area contributed by atoms with E-state index in [0.29, 0.717) is 0 Å². The Labute approximate surface area is 45.6 Å². The van der Waals surface area contributed by atoms with Crippen molar-refractivity contribution in [2.45, 2.75) is 19.6 Å². The van der Waals surface area contributed by atoms with Crippen molar-refractivity contribution < 1.29 is 5.11 Å². The molecule has 0 amide bonds. The second-order valence-corrected chi connectivity index (χ2v) is 2.11. The summed E-state index contributed by atoms with van der Waals surface area (Å²) in [6, 6.07) is 0. The fourth-order valence-electron chi connectivity index (χ4n) is 0. The van der Waals surface area contributed by atoms with Gasteiger partial charge < -0.3 is 9.92 Å². The number of hydrogen-bond acceptors (Lipinski definition) is 2. The zero-order valence-electron chi connectivity index (χ0n) is 4.97. The summed E-state index contributed by atoms with van der Waals surface area (Å²) >= 11 is 0. The van der Waals surface area contributed by atoms with Gasteiger partial charge in [-0.1, -0.05) is 0 Å². The van der Waals surface area contributed by atoms with E-state index >= 15 is 0 Å². The van der Waals surface area contributed by atoms with E-state index in [1.807, 2.05) is 0 Å². The van der Waals surface area contributed by atoms with Crippen LogP contribution < -0.4 is 0 Å². The maximum absolute atomic E-state index is 8.90. The minimum Gasteiger partial charge on any atom is -0.377 e. The molecule has 3 heteroatoms. The van der Waals surface area contributed by atoms with Crippen molar-refractivity contribution in [1.82, 2.24) is 4.81 Å². The summed E-state index contributed by atoms with van der Waals surface area (Å²) in [5, 5.41) is 8.90. The van der Waals surface area contributed by atoms with Crippen LogP contribution in [0.25, 0.3) is 0 Å². The minimum atomic E-state index is -0.889. The summed E-state index contributed by atoms with van der Waals surface area (Å²) in [5.74, 6) is 0. The molecule has 0 aromatic carbocycles. The number of aliphatic hydroxyl groups is 1. The van der Waals surface area contributed by atoms with Crippen LogP contribution in [0.3, 0.4) is 0 Å². The fourth-order valence-corrected chi connectivity index (χ4v) is 0. The molecular weight excluding hydrogens is 88.9 g/mol. The molecule has 2 nitrogen and oxygen atoms in total. The highest BCUT2D eigenvalue weighted by Gasteiger charge is 2.12. The maximum Gasteiger partial charge on any atom is 0.185 e. The highest BCUT2D eigenvalue weighted by Crippen LogP contribution is 2.00. The van der Waals surface area contributed by atoms with Crippen LogP contribution in [0.4, 0.5) is 0 Å². The first kappa shape index (κ1) is 6.98. The molecule has 0 fully saturated rings. The first-order valence-electron chi connectivity index (χ1n) is 2.15. The molecule has 40 valence electrons. The van der Waals surface area contributed by atoms with Crippen LogP contribution in [0.2, 0.25) is 0 Å². The van der Waals surface area contributed by atoms with E-state index in [2.05, 4.69) is 0 Å². The van der Waals surface area contributed by atoms with Gasteiger partial charge in [-0.2, -0.15) is 0 Å². The smallest absolute Gasteiger partial charge is 0.185 e. The van der Waals surface area contributed by atoms with E-state index in [-0.39, 0.29) is 0 Å². The van der Waals surface area contributed by atoms with Gasteiger partial charge in [-0.05, 0) is 20.9 Å². The molecule has 0 aliphatic heterocycles. The lowest BCUT2D eigenvalue weighted by atomic mass is 10.2. The first-order chi connectivity index (χ1) is 2.94. The molecule has 0 unspecified atom stereocenters. The summed E-state index contributed by atoms with van der Waals surface area (Å²) in [6.45, 7) is 3.24. The molecule has 0 saturated carbocycles. The lowest BCUT2D eigenvalue weighted by Crippen LogP contribution is -2.38. The topological polar surface area (TPSA) is 23.5 Å². The molecule has 0 aliphatic carbocycles. The van der Waals surface area contributed by atoms with Gasteiger partial charge in [0.1, 0.15) is 5.72 Å². The Bertz CT molecular complexity index is 57.2. The van der Waals surface area contributed by atoms with Crippen LogP contribution in [0.1, 0.15) is 13.8 Å². The molecule has 0 saturated heterocycles. The Hall–Kier alpha value is -0.0151. The van der Waals surface area contributed by atoms with Gasteiger partial charge in [0, 0.05) is 0 Å². The van der Waals surface area contributed by atoms with Crippen LogP contribution >= 0.6 is 0 Å². The third kappa shape index (κ3) is 2.65. The van der Waals surface area contributed by atoms with E-state index in [1.54, 1.807) is 20.9 Å². The van der Waals surface area contributed by atoms with Crippen LogP contribution in [-0.4, -0.2) is 30.7 Å². The van der Waals surface area contributed by atoms with E-state index < -0.39 is 5.72 Å². The minimum absolute atomic E-state index is 0.889. The summed E-state index contributed by atoms with van der Waals surface area (Å²) in [7, 11) is 6.76. The van der Waals surface area contributed by atoms with Crippen LogP contribution in [0.15, 0.2) is 0 Å². The van der Waals surface area contributed by atoms with Gasteiger partial charge in [0.15, 0.2) is 7.98 Å². The van der Waals surface area contributed by atoms with Crippen molar-refractivity contribution in [2.24, 2.45) is 0 Å². The molecule has 0 rings (SSSR count). The van der Waals surface area contributed by atoms with E-state index in [1.165, 1.54) is 4.81 Å². The quantitative estimate of drug-likeness (QED) is 0.361. The van der Waals surface area contributed by atoms with E-state index in [9.17, 15) is 0 Å². The van der Waals surface area contributed by atoms with Crippen molar-refractivity contribution in [2.75, 3.05) is 7.05 Å². The predicted molar refractivity (Wildman–Crippen MR) is 29.8 cm³/mol. The Morgan fingerprint density at radius 1 is 1.57 bits per heavy atom. The lowest BCUT2D eigenvalue weighted by Gasteiger charge is -2.26. The normalized spacial score (nSPS) is 12.7. The molecular formula is C4H10BNO. The van der Waals surface area contributed by atoms with Gasteiger partial charge in [0.2, 0.25) is 0 Å². The molecule has 0 aromatic rings. The molecule has 0 bridgehead atoms. The average molecular weight is 98.9 g/mol. The molecule has 0 aliphatic rings. The van der Waals surface area contributed by atoms with Crippen molar-refractivity contribution in [1.29, 1.82) is 0 Å². The maximum atomic E-state index is 8.90. The van der Waals surface area contributed by atoms with Crippen molar-refractivity contribution >= 4 is 7.98 Å². The second-order valence-electron chi connectivity index (χ2n) is 2.11. The predicted octanol–water partition coefficient (Wildman–Crippen LogP) is -0.270. The Morgan fingerprint density at radius 2 is 1.71 bits per heavy atom. The van der Waals surface area contributed by atoms with Gasteiger partial charge in [-0.25, -0.2) is 0 Å². The van der Waals surface area contributed by atoms with Gasteiger partial charge in [-0.3, -0.25) is 0 Å². The summed E-state index contributed by atoms with van der Waals surface area (Å²) in [4.78, 5) is 1.24. The largest absolute Gasteiger partial charge is 0.377 e. The van der Waals surface area contributed by atoms with Crippen LogP contribution in [0, 0.1) is 0 Å². The van der Waals surface area contributed by atoms with E-state index in [0.717, 1.165) is 0 Å². The molecule has 0 aromatic heterocycles. The van der Waals surface area contributed by atoms with Crippen molar-refractivity contribution in [3.63, 3.8) is 0 Å². The highest BCUT2D eigenvalue weighted by molar-refractivity contribution is 6.04. The third-order valence-corrected chi connectivity index (χ3v) is 0.863. The molecule has 0 heterocycles. The molecule has 2 radical (unpaired) electrons. The standard InChI is InChI=1S/C4H10BNO/c1-4(2,7)6(3)5/h7H,1-3H3. The monoisotopic (exact) mass is 99.1 g/mol. The third-order valence-electron chi connectivity index (χ3n) is 0.863. The van der Waals surface area contributed by atoms with Crippen LogP contribution in [0.5, 0.6) is 0 Å². The Kier molecular flexibility index (Phi) is 1.84. The molecule has 0 spiro atoms. The molecule has 1 N–H and O–H groups in total. The summed E-state index contributed by atoms with van der Waals surface area (Å²) < 4.78 is 0. The lowest BCUT2D eigenvalue weighted by molar-refractivity contribution is -0.0132. The fraction of sp³-hybridized carbons (Fsp3) is 1.00. The van der Waals surface area contributed by atoms with Gasteiger partial charge in [-0.15, -0.1) is 0 Å². The van der Waals surface area contributed by atoms with Gasteiger partial charge >= 0.3 is 0 Å².